The van der Waals surface area contributed by atoms with Crippen LogP contribution in [0, 0.1) is 0 Å². The first kappa shape index (κ1) is 15.0. The number of carbonyl (C=O) groups is 1. The Bertz CT molecular complexity index is 496. The standard InChI is InChI=1S/C15H20ClNO3/c1-15(2,3)20-14(18)17-6-7-19-13-8-11(9-16)4-5-12(13)10-17/h4-5,8H,6-7,9-10H2,1-3H3. The summed E-state index contributed by atoms with van der Waals surface area (Å²) < 4.78 is 11.1. The van der Waals surface area contributed by atoms with Crippen molar-refractivity contribution >= 4 is 17.7 Å². The van der Waals surface area contributed by atoms with E-state index in [2.05, 4.69) is 0 Å². The van der Waals surface area contributed by atoms with Gasteiger partial charge >= 0.3 is 6.09 Å². The fourth-order valence-electron chi connectivity index (χ4n) is 1.98. The fourth-order valence-corrected chi connectivity index (χ4v) is 2.15. The zero-order valence-corrected chi connectivity index (χ0v) is 12.9. The minimum absolute atomic E-state index is 0.310. The highest BCUT2D eigenvalue weighted by Crippen LogP contribution is 2.26. The van der Waals surface area contributed by atoms with Crippen molar-refractivity contribution in [3.63, 3.8) is 0 Å². The Balaban J connectivity index is 2.14. The van der Waals surface area contributed by atoms with Crippen LogP contribution in [0.4, 0.5) is 4.79 Å². The van der Waals surface area contributed by atoms with Crippen LogP contribution in [0.3, 0.4) is 0 Å². The van der Waals surface area contributed by atoms with Gasteiger partial charge in [-0.25, -0.2) is 4.79 Å². The van der Waals surface area contributed by atoms with Gasteiger partial charge in [-0.2, -0.15) is 0 Å². The van der Waals surface area contributed by atoms with E-state index >= 15 is 0 Å². The van der Waals surface area contributed by atoms with E-state index in [-0.39, 0.29) is 6.09 Å². The number of benzene rings is 1. The van der Waals surface area contributed by atoms with Crippen molar-refractivity contribution in [1.82, 2.24) is 4.90 Å². The molecule has 0 bridgehead atoms. The minimum Gasteiger partial charge on any atom is -0.491 e. The first-order chi connectivity index (χ1) is 9.39. The van der Waals surface area contributed by atoms with E-state index in [4.69, 9.17) is 21.1 Å². The van der Waals surface area contributed by atoms with Gasteiger partial charge in [0, 0.05) is 11.4 Å². The second-order valence-electron chi connectivity index (χ2n) is 5.83. The Hall–Kier alpha value is -1.42. The number of fused-ring (bicyclic) bond motifs is 1. The second kappa shape index (κ2) is 5.92. The number of amides is 1. The van der Waals surface area contributed by atoms with Gasteiger partial charge in [0.25, 0.3) is 0 Å². The van der Waals surface area contributed by atoms with E-state index in [1.807, 2.05) is 39.0 Å². The van der Waals surface area contributed by atoms with Crippen LogP contribution >= 0.6 is 11.6 Å². The third-order valence-corrected chi connectivity index (χ3v) is 3.23. The molecule has 0 spiro atoms. The van der Waals surface area contributed by atoms with E-state index in [9.17, 15) is 4.79 Å². The number of ether oxygens (including phenoxy) is 2. The average Bonchev–Trinajstić information content (AvgIpc) is 2.57. The Morgan fingerprint density at radius 2 is 2.20 bits per heavy atom. The van der Waals surface area contributed by atoms with E-state index in [1.165, 1.54) is 0 Å². The first-order valence-electron chi connectivity index (χ1n) is 6.67. The number of hydrogen-bond donors (Lipinski definition) is 0. The molecule has 1 heterocycles. The quantitative estimate of drug-likeness (QED) is 0.744. The zero-order chi connectivity index (χ0) is 14.8. The predicted octanol–water partition coefficient (Wildman–Crippen LogP) is 3.55. The smallest absolute Gasteiger partial charge is 0.410 e. The molecule has 0 unspecified atom stereocenters. The highest BCUT2D eigenvalue weighted by molar-refractivity contribution is 6.17. The van der Waals surface area contributed by atoms with Gasteiger partial charge in [-0.1, -0.05) is 12.1 Å². The summed E-state index contributed by atoms with van der Waals surface area (Å²) in [6.45, 7) is 7.05. The van der Waals surface area contributed by atoms with Gasteiger partial charge in [0.2, 0.25) is 0 Å². The van der Waals surface area contributed by atoms with Crippen molar-refractivity contribution in [3.05, 3.63) is 29.3 Å². The molecule has 4 nitrogen and oxygen atoms in total. The molecule has 1 aromatic carbocycles. The maximum absolute atomic E-state index is 12.1. The second-order valence-corrected chi connectivity index (χ2v) is 6.09. The molecule has 0 radical (unpaired) electrons. The summed E-state index contributed by atoms with van der Waals surface area (Å²) in [4.78, 5) is 13.8. The number of carbonyl (C=O) groups excluding carboxylic acids is 1. The third-order valence-electron chi connectivity index (χ3n) is 2.92. The predicted molar refractivity (Wildman–Crippen MR) is 78.1 cm³/mol. The van der Waals surface area contributed by atoms with E-state index < -0.39 is 5.60 Å². The number of halogens is 1. The Morgan fingerprint density at radius 3 is 2.85 bits per heavy atom. The van der Waals surface area contributed by atoms with Crippen LogP contribution < -0.4 is 4.74 Å². The van der Waals surface area contributed by atoms with Crippen LogP contribution in [-0.2, 0) is 17.2 Å². The minimum atomic E-state index is -0.491. The lowest BCUT2D eigenvalue weighted by Crippen LogP contribution is -2.37. The molecule has 20 heavy (non-hydrogen) atoms. The molecule has 0 aromatic heterocycles. The number of hydrogen-bond acceptors (Lipinski definition) is 3. The summed E-state index contributed by atoms with van der Waals surface area (Å²) in [6.07, 6.45) is -0.310. The van der Waals surface area contributed by atoms with Crippen LogP contribution in [0.2, 0.25) is 0 Å². The summed E-state index contributed by atoms with van der Waals surface area (Å²) in [5.74, 6) is 1.25. The molecule has 1 aliphatic heterocycles. The highest BCUT2D eigenvalue weighted by Gasteiger charge is 2.25. The summed E-state index contributed by atoms with van der Waals surface area (Å²) >= 11 is 5.82. The van der Waals surface area contributed by atoms with Crippen LogP contribution in [-0.4, -0.2) is 29.7 Å². The molecule has 5 heteroatoms. The Morgan fingerprint density at radius 1 is 1.45 bits per heavy atom. The summed E-state index contributed by atoms with van der Waals surface area (Å²) in [5, 5.41) is 0. The van der Waals surface area contributed by atoms with Gasteiger partial charge in [0.15, 0.2) is 0 Å². The number of nitrogens with zero attached hydrogens (tertiary/aromatic N) is 1. The zero-order valence-electron chi connectivity index (χ0n) is 12.1. The molecule has 0 saturated carbocycles. The topological polar surface area (TPSA) is 38.8 Å². The normalized spacial score (nSPS) is 15.1. The lowest BCUT2D eigenvalue weighted by Gasteiger charge is -2.26. The Labute approximate surface area is 124 Å². The van der Waals surface area contributed by atoms with Crippen molar-refractivity contribution in [1.29, 1.82) is 0 Å². The molecule has 0 saturated heterocycles. The SMILES string of the molecule is CC(C)(C)OC(=O)N1CCOc2cc(CCl)ccc2C1. The van der Waals surface area contributed by atoms with Crippen LogP contribution in [0.1, 0.15) is 31.9 Å². The molecular weight excluding hydrogens is 278 g/mol. The van der Waals surface area contributed by atoms with Crippen LogP contribution in [0.5, 0.6) is 5.75 Å². The van der Waals surface area contributed by atoms with E-state index in [0.717, 1.165) is 16.9 Å². The van der Waals surface area contributed by atoms with E-state index in [1.54, 1.807) is 4.90 Å². The van der Waals surface area contributed by atoms with Gasteiger partial charge in [-0.05, 0) is 32.4 Å². The Kier molecular flexibility index (Phi) is 4.43. The van der Waals surface area contributed by atoms with Crippen molar-refractivity contribution in [2.45, 2.75) is 38.8 Å². The van der Waals surface area contributed by atoms with Gasteiger partial charge in [0.05, 0.1) is 13.1 Å². The van der Waals surface area contributed by atoms with Gasteiger partial charge in [-0.3, -0.25) is 0 Å². The summed E-state index contributed by atoms with van der Waals surface area (Å²) in [5.41, 5.74) is 1.49. The number of rotatable bonds is 1. The van der Waals surface area contributed by atoms with E-state index in [0.29, 0.717) is 25.6 Å². The number of alkyl halides is 1. The molecule has 0 atom stereocenters. The largest absolute Gasteiger partial charge is 0.491 e. The van der Waals surface area contributed by atoms with Crippen LogP contribution in [0.25, 0.3) is 0 Å². The lowest BCUT2D eigenvalue weighted by molar-refractivity contribution is 0.0225. The maximum atomic E-state index is 12.1. The molecule has 1 amide bonds. The summed E-state index contributed by atoms with van der Waals surface area (Å²) in [6, 6.07) is 5.84. The molecule has 0 fully saturated rings. The van der Waals surface area contributed by atoms with Gasteiger partial charge < -0.3 is 14.4 Å². The van der Waals surface area contributed by atoms with Crippen molar-refractivity contribution in [2.75, 3.05) is 13.2 Å². The van der Waals surface area contributed by atoms with Gasteiger partial charge in [-0.15, -0.1) is 11.6 Å². The van der Waals surface area contributed by atoms with Crippen molar-refractivity contribution in [3.8, 4) is 5.75 Å². The van der Waals surface area contributed by atoms with Crippen molar-refractivity contribution in [2.24, 2.45) is 0 Å². The summed E-state index contributed by atoms with van der Waals surface area (Å²) in [7, 11) is 0. The molecular formula is C15H20ClNO3. The average molecular weight is 298 g/mol. The monoisotopic (exact) mass is 297 g/mol. The molecule has 110 valence electrons. The first-order valence-corrected chi connectivity index (χ1v) is 7.21. The molecule has 2 rings (SSSR count). The van der Waals surface area contributed by atoms with Crippen LogP contribution in [0.15, 0.2) is 18.2 Å². The molecule has 1 aromatic rings. The van der Waals surface area contributed by atoms with Gasteiger partial charge in [0.1, 0.15) is 18.0 Å². The van der Waals surface area contributed by atoms with Crippen molar-refractivity contribution < 1.29 is 14.3 Å². The fraction of sp³-hybridized carbons (Fsp3) is 0.533. The molecule has 0 aliphatic carbocycles. The third kappa shape index (κ3) is 3.79. The highest BCUT2D eigenvalue weighted by atomic mass is 35.5. The molecule has 1 aliphatic rings. The molecule has 0 N–H and O–H groups in total. The maximum Gasteiger partial charge on any atom is 0.410 e. The lowest BCUT2D eigenvalue weighted by atomic mass is 10.1.